The van der Waals surface area contributed by atoms with Crippen LogP contribution in [0.25, 0.3) is 0 Å². The van der Waals surface area contributed by atoms with Crippen molar-refractivity contribution >= 4 is 38.1 Å². The molecule has 0 spiro atoms. The number of rotatable bonds is 0. The van der Waals surface area contributed by atoms with Crippen molar-refractivity contribution in [1.29, 1.82) is 0 Å². The fraction of sp³-hybridized carbons (Fsp3) is 0. The van der Waals surface area contributed by atoms with Crippen LogP contribution in [0.4, 0.5) is 22.0 Å². The Morgan fingerprint density at radius 2 is 0.875 bits per heavy atom. The molecular weight excluding hydrogens is 249 g/mol. The molecule has 0 aliphatic rings. The summed E-state index contributed by atoms with van der Waals surface area (Å²) < 4.78 is 61.0. The van der Waals surface area contributed by atoms with E-state index in [9.17, 15) is 22.0 Å². The van der Waals surface area contributed by atoms with Gasteiger partial charge < -0.3 is 15.1 Å². The van der Waals surface area contributed by atoms with E-state index in [1.807, 2.05) is 0 Å². The largest absolute Gasteiger partial charge is 0.631 e. The summed E-state index contributed by atoms with van der Waals surface area (Å²) in [6.45, 7) is 0. The molecule has 0 amide bonds. The SMILES string of the molecule is Fc1c(F)c(F)[c]([Na])c(F)c1F.OB(O)O. The van der Waals surface area contributed by atoms with Gasteiger partial charge in [-0.15, -0.1) is 0 Å². The molecule has 10 heteroatoms. The maximum Gasteiger partial charge on any atom is 0.631 e. The van der Waals surface area contributed by atoms with Crippen molar-refractivity contribution in [2.45, 2.75) is 0 Å². The van der Waals surface area contributed by atoms with Gasteiger partial charge in [-0.3, -0.25) is 0 Å². The molecule has 1 rings (SSSR count). The van der Waals surface area contributed by atoms with E-state index in [4.69, 9.17) is 15.1 Å². The first-order chi connectivity index (χ1) is 7.20. The van der Waals surface area contributed by atoms with Crippen LogP contribution in [0.15, 0.2) is 0 Å². The summed E-state index contributed by atoms with van der Waals surface area (Å²) in [7, 11) is -2.17. The summed E-state index contributed by atoms with van der Waals surface area (Å²) >= 11 is -0.223. The minimum atomic E-state index is -2.17. The van der Waals surface area contributed by atoms with Gasteiger partial charge in [-0.2, -0.15) is 0 Å². The maximum atomic E-state index is 12.4. The second kappa shape index (κ2) is 6.53. The van der Waals surface area contributed by atoms with Crippen molar-refractivity contribution in [1.82, 2.24) is 0 Å². The molecule has 0 aliphatic carbocycles. The maximum absolute atomic E-state index is 12.4. The Morgan fingerprint density at radius 3 is 1.12 bits per heavy atom. The molecule has 0 saturated heterocycles. The van der Waals surface area contributed by atoms with Crippen LogP contribution in [0.5, 0.6) is 0 Å². The third-order valence-electron chi connectivity index (χ3n) is 1.43. The minimum absolute atomic E-state index is 0.223. The van der Waals surface area contributed by atoms with E-state index in [2.05, 4.69) is 0 Å². The summed E-state index contributed by atoms with van der Waals surface area (Å²) in [5.74, 6) is -9.31. The van der Waals surface area contributed by atoms with Gasteiger partial charge in [0.25, 0.3) is 0 Å². The van der Waals surface area contributed by atoms with Gasteiger partial charge in [0.05, 0.1) is 0 Å². The van der Waals surface area contributed by atoms with Crippen molar-refractivity contribution in [2.24, 2.45) is 0 Å². The summed E-state index contributed by atoms with van der Waals surface area (Å²) in [4.78, 5) is 0. The third kappa shape index (κ3) is 4.00. The van der Waals surface area contributed by atoms with E-state index in [-0.39, 0.29) is 27.9 Å². The van der Waals surface area contributed by atoms with Crippen LogP contribution in [0.3, 0.4) is 0 Å². The van der Waals surface area contributed by atoms with E-state index >= 15 is 0 Å². The van der Waals surface area contributed by atoms with Crippen molar-refractivity contribution in [3.8, 4) is 0 Å². The van der Waals surface area contributed by atoms with Gasteiger partial charge in [-0.25, -0.2) is 0 Å². The van der Waals surface area contributed by atoms with Gasteiger partial charge >= 0.3 is 89.1 Å². The van der Waals surface area contributed by atoms with Crippen LogP contribution in [-0.4, -0.2) is 50.3 Å². The fourth-order valence-corrected chi connectivity index (χ4v) is 1.15. The molecule has 0 radical (unpaired) electrons. The second-order valence-electron chi connectivity index (χ2n) is 2.54. The van der Waals surface area contributed by atoms with Crippen molar-refractivity contribution in [3.63, 3.8) is 0 Å². The molecule has 3 N–H and O–H groups in total. The zero-order valence-electron chi connectivity index (χ0n) is 7.81. The summed E-state index contributed by atoms with van der Waals surface area (Å²) in [5, 5.41) is 21.5. The van der Waals surface area contributed by atoms with Gasteiger partial charge in [-0.1, -0.05) is 0 Å². The van der Waals surface area contributed by atoms with Gasteiger partial charge in [0, 0.05) is 0 Å². The molecule has 0 aromatic heterocycles. The fourth-order valence-electron chi connectivity index (χ4n) is 0.715. The van der Waals surface area contributed by atoms with Gasteiger partial charge in [0.15, 0.2) is 0 Å². The smallest absolute Gasteiger partial charge is 0.402 e. The Balaban J connectivity index is 0.000000487. The van der Waals surface area contributed by atoms with Gasteiger partial charge in [0.1, 0.15) is 0 Å². The zero-order chi connectivity index (χ0) is 13.0. The van der Waals surface area contributed by atoms with Crippen molar-refractivity contribution in [2.75, 3.05) is 0 Å². The van der Waals surface area contributed by atoms with Crippen LogP contribution < -0.4 is 2.81 Å². The number of hydrogen-bond donors (Lipinski definition) is 3. The molecule has 0 unspecified atom stereocenters. The Morgan fingerprint density at radius 1 is 0.688 bits per heavy atom. The average Bonchev–Trinajstić information content (AvgIpc) is 2.20. The Hall–Kier alpha value is -0.185. The first-order valence-electron chi connectivity index (χ1n) is 3.72. The molecule has 0 aliphatic heterocycles. The van der Waals surface area contributed by atoms with Crippen LogP contribution in [0.1, 0.15) is 0 Å². The van der Waals surface area contributed by atoms with Gasteiger partial charge in [-0.05, 0) is 0 Å². The minimum Gasteiger partial charge on any atom is -0.402 e. The first-order valence-corrected chi connectivity index (χ1v) is 4.72. The van der Waals surface area contributed by atoms with E-state index in [1.54, 1.807) is 0 Å². The molecule has 1 aromatic rings. The van der Waals surface area contributed by atoms with E-state index < -0.39 is 39.2 Å². The van der Waals surface area contributed by atoms with Crippen LogP contribution >= 0.6 is 0 Å². The number of benzene rings is 1. The molecular formula is C6H3BF5NaO3. The predicted octanol–water partition coefficient (Wildman–Crippen LogP) is -0.876. The molecule has 0 saturated carbocycles. The molecule has 0 fully saturated rings. The number of halogens is 5. The molecule has 16 heavy (non-hydrogen) atoms. The summed E-state index contributed by atoms with van der Waals surface area (Å²) in [6, 6.07) is 0. The summed E-state index contributed by atoms with van der Waals surface area (Å²) in [5.41, 5.74) is 0. The topological polar surface area (TPSA) is 60.7 Å². The van der Waals surface area contributed by atoms with Crippen LogP contribution in [0, 0.1) is 29.1 Å². The first kappa shape index (κ1) is 15.8. The molecule has 3 nitrogen and oxygen atoms in total. The molecule has 1 aromatic carbocycles. The normalized spacial score (nSPS) is 9.62. The molecule has 84 valence electrons. The summed E-state index contributed by atoms with van der Waals surface area (Å²) in [6.07, 6.45) is 0. The molecule has 0 bridgehead atoms. The molecule has 0 heterocycles. The van der Waals surface area contributed by atoms with Crippen molar-refractivity contribution < 1.29 is 37.0 Å². The predicted molar refractivity (Wildman–Crippen MR) is 44.0 cm³/mol. The van der Waals surface area contributed by atoms with E-state index in [1.165, 1.54) is 0 Å². The Kier molecular flexibility index (Phi) is 6.45. The second-order valence-corrected chi connectivity index (χ2v) is 3.54. The monoisotopic (exact) mass is 252 g/mol. The quantitative estimate of drug-likeness (QED) is 0.243. The van der Waals surface area contributed by atoms with E-state index in [0.29, 0.717) is 0 Å². The standard InChI is InChI=1S/C6F5.BH3O3.Na/c7-2-1-3(8)5(10)6(11)4(2)9;2-1(3)4;/h;2-4H;. The zero-order valence-corrected chi connectivity index (χ0v) is 9.81. The van der Waals surface area contributed by atoms with Crippen molar-refractivity contribution in [3.05, 3.63) is 29.1 Å². The van der Waals surface area contributed by atoms with Crippen LogP contribution in [0.2, 0.25) is 0 Å². The molecule has 0 atom stereocenters. The number of hydrogen-bond acceptors (Lipinski definition) is 3. The van der Waals surface area contributed by atoms with E-state index in [0.717, 1.165) is 0 Å². The average molecular weight is 252 g/mol. The third-order valence-corrected chi connectivity index (χ3v) is 2.31. The van der Waals surface area contributed by atoms with Gasteiger partial charge in [0.2, 0.25) is 0 Å². The van der Waals surface area contributed by atoms with Crippen LogP contribution in [-0.2, 0) is 0 Å². The Labute approximate surface area is 104 Å². The Bertz CT molecular complexity index is 281.